The summed E-state index contributed by atoms with van der Waals surface area (Å²) in [6.07, 6.45) is -0.513. The maximum absolute atomic E-state index is 12.3. The Hall–Kier alpha value is -2.86. The van der Waals surface area contributed by atoms with Crippen LogP contribution < -0.4 is 10.6 Å². The average molecular weight is 340 g/mol. The summed E-state index contributed by atoms with van der Waals surface area (Å²) < 4.78 is 5.63. The van der Waals surface area contributed by atoms with E-state index in [2.05, 4.69) is 15.4 Å². The zero-order chi connectivity index (χ0) is 16.9. The smallest absolute Gasteiger partial charge is 0.411 e. The maximum atomic E-state index is 12.3. The molecule has 3 rings (SSSR count). The second-order valence-corrected chi connectivity index (χ2v) is 6.23. The van der Waals surface area contributed by atoms with Gasteiger partial charge in [-0.05, 0) is 35.2 Å². The van der Waals surface area contributed by atoms with E-state index in [1.807, 2.05) is 42.5 Å². The fraction of sp³-hybridized carbons (Fsp3) is 0.111. The van der Waals surface area contributed by atoms with Crippen molar-refractivity contribution >= 4 is 39.1 Å². The second kappa shape index (κ2) is 7.14. The SMILES string of the molecule is COC(=O)Nc1ccc(CNC(=O)c2cc3ccccc3s2)cc1. The van der Waals surface area contributed by atoms with Crippen LogP contribution >= 0.6 is 11.3 Å². The molecule has 0 radical (unpaired) electrons. The molecule has 0 atom stereocenters. The first-order chi connectivity index (χ1) is 11.7. The molecule has 24 heavy (non-hydrogen) atoms. The highest BCUT2D eigenvalue weighted by atomic mass is 32.1. The molecule has 0 saturated heterocycles. The maximum Gasteiger partial charge on any atom is 0.411 e. The summed E-state index contributed by atoms with van der Waals surface area (Å²) in [5.74, 6) is -0.0898. The Balaban J connectivity index is 1.60. The minimum Gasteiger partial charge on any atom is -0.453 e. The molecule has 0 saturated carbocycles. The van der Waals surface area contributed by atoms with Crippen molar-refractivity contribution in [3.8, 4) is 0 Å². The number of benzene rings is 2. The molecule has 122 valence electrons. The highest BCUT2D eigenvalue weighted by Crippen LogP contribution is 2.25. The van der Waals surface area contributed by atoms with E-state index in [4.69, 9.17) is 0 Å². The number of carbonyl (C=O) groups excluding carboxylic acids is 2. The Kier molecular flexibility index (Phi) is 4.77. The zero-order valence-corrected chi connectivity index (χ0v) is 13.9. The summed E-state index contributed by atoms with van der Waals surface area (Å²) in [6.45, 7) is 0.422. The molecule has 1 aromatic heterocycles. The molecule has 0 aliphatic carbocycles. The van der Waals surface area contributed by atoms with Gasteiger partial charge in [-0.15, -0.1) is 11.3 Å². The summed E-state index contributed by atoms with van der Waals surface area (Å²) in [6, 6.07) is 17.0. The third-order valence-corrected chi connectivity index (χ3v) is 4.60. The van der Waals surface area contributed by atoms with Gasteiger partial charge in [0, 0.05) is 16.9 Å². The van der Waals surface area contributed by atoms with Crippen LogP contribution in [0.5, 0.6) is 0 Å². The van der Waals surface area contributed by atoms with Crippen molar-refractivity contribution in [1.82, 2.24) is 5.32 Å². The molecule has 3 aromatic rings. The van der Waals surface area contributed by atoms with Crippen LogP contribution in [0.4, 0.5) is 10.5 Å². The van der Waals surface area contributed by atoms with Crippen LogP contribution in [0, 0.1) is 0 Å². The summed E-state index contributed by atoms with van der Waals surface area (Å²) >= 11 is 1.48. The summed E-state index contributed by atoms with van der Waals surface area (Å²) in [5, 5.41) is 6.56. The normalized spacial score (nSPS) is 10.4. The van der Waals surface area contributed by atoms with Crippen LogP contribution in [0.25, 0.3) is 10.1 Å². The van der Waals surface area contributed by atoms with Crippen molar-refractivity contribution in [2.24, 2.45) is 0 Å². The van der Waals surface area contributed by atoms with Crippen LogP contribution in [0.2, 0.25) is 0 Å². The summed E-state index contributed by atoms with van der Waals surface area (Å²) in [4.78, 5) is 24.1. The van der Waals surface area contributed by atoms with Gasteiger partial charge in [-0.3, -0.25) is 10.1 Å². The number of hydrogen-bond acceptors (Lipinski definition) is 4. The summed E-state index contributed by atoms with van der Waals surface area (Å²) in [5.41, 5.74) is 1.58. The lowest BCUT2D eigenvalue weighted by Crippen LogP contribution is -2.21. The van der Waals surface area contributed by atoms with Crippen LogP contribution in [0.3, 0.4) is 0 Å². The fourth-order valence-electron chi connectivity index (χ4n) is 2.24. The molecule has 2 amide bonds. The second-order valence-electron chi connectivity index (χ2n) is 5.14. The van der Waals surface area contributed by atoms with Crippen LogP contribution in [0.1, 0.15) is 15.2 Å². The number of anilines is 1. The number of hydrogen-bond donors (Lipinski definition) is 2. The Bertz CT molecular complexity index is 838. The van der Waals surface area contributed by atoms with Gasteiger partial charge >= 0.3 is 6.09 Å². The molecule has 2 N–H and O–H groups in total. The lowest BCUT2D eigenvalue weighted by Gasteiger charge is -2.06. The number of amides is 2. The van der Waals surface area contributed by atoms with Crippen molar-refractivity contribution in [2.45, 2.75) is 6.54 Å². The quantitative estimate of drug-likeness (QED) is 0.754. The van der Waals surface area contributed by atoms with Crippen molar-refractivity contribution < 1.29 is 14.3 Å². The predicted octanol–water partition coefficient (Wildman–Crippen LogP) is 4.01. The first-order valence-corrected chi connectivity index (χ1v) is 8.18. The molecule has 0 fully saturated rings. The van der Waals surface area contributed by atoms with Gasteiger partial charge in [-0.1, -0.05) is 30.3 Å². The molecule has 1 heterocycles. The topological polar surface area (TPSA) is 67.4 Å². The van der Waals surface area contributed by atoms with Gasteiger partial charge in [0.05, 0.1) is 12.0 Å². The van der Waals surface area contributed by atoms with Crippen LogP contribution in [-0.2, 0) is 11.3 Å². The van der Waals surface area contributed by atoms with Crippen molar-refractivity contribution in [3.05, 3.63) is 65.0 Å². The third-order valence-electron chi connectivity index (χ3n) is 3.49. The van der Waals surface area contributed by atoms with Gasteiger partial charge in [0.1, 0.15) is 0 Å². The van der Waals surface area contributed by atoms with E-state index >= 15 is 0 Å². The highest BCUT2D eigenvalue weighted by molar-refractivity contribution is 7.20. The standard InChI is InChI=1S/C18H16N2O3S/c1-23-18(22)20-14-8-6-12(7-9-14)11-19-17(21)16-10-13-4-2-3-5-15(13)24-16/h2-10H,11H2,1H3,(H,19,21)(H,20,22). The molecule has 0 aliphatic rings. The Morgan fingerprint density at radius 1 is 1.08 bits per heavy atom. The average Bonchev–Trinajstić information content (AvgIpc) is 3.05. The van der Waals surface area contributed by atoms with E-state index in [1.165, 1.54) is 18.4 Å². The highest BCUT2D eigenvalue weighted by Gasteiger charge is 2.09. The van der Waals surface area contributed by atoms with Gasteiger partial charge in [0.2, 0.25) is 0 Å². The molecule has 5 nitrogen and oxygen atoms in total. The van der Waals surface area contributed by atoms with E-state index in [0.29, 0.717) is 17.1 Å². The fourth-order valence-corrected chi connectivity index (χ4v) is 3.22. The number of methoxy groups -OCH3 is 1. The monoisotopic (exact) mass is 340 g/mol. The number of ether oxygens (including phenoxy) is 1. The molecule has 2 aromatic carbocycles. The lowest BCUT2D eigenvalue weighted by molar-refractivity contribution is 0.0955. The van der Waals surface area contributed by atoms with Gasteiger partial charge in [-0.25, -0.2) is 4.79 Å². The number of rotatable bonds is 4. The van der Waals surface area contributed by atoms with Crippen molar-refractivity contribution in [1.29, 1.82) is 0 Å². The van der Waals surface area contributed by atoms with Gasteiger partial charge in [0.25, 0.3) is 5.91 Å². The molecule has 0 unspecified atom stereocenters. The Labute approximate surface area is 143 Å². The minimum atomic E-state index is -0.513. The number of carbonyl (C=O) groups is 2. The van der Waals surface area contributed by atoms with E-state index in [1.54, 1.807) is 12.1 Å². The van der Waals surface area contributed by atoms with Crippen LogP contribution in [-0.4, -0.2) is 19.1 Å². The first kappa shape index (κ1) is 16.0. The van der Waals surface area contributed by atoms with Crippen molar-refractivity contribution in [2.75, 3.05) is 12.4 Å². The Morgan fingerprint density at radius 2 is 1.83 bits per heavy atom. The molecule has 0 aliphatic heterocycles. The van der Waals surface area contributed by atoms with Gasteiger partial charge < -0.3 is 10.1 Å². The number of nitrogens with one attached hydrogen (secondary N) is 2. The summed E-state index contributed by atoms with van der Waals surface area (Å²) in [7, 11) is 1.31. The molecular formula is C18H16N2O3S. The number of thiophene rings is 1. The lowest BCUT2D eigenvalue weighted by atomic mass is 10.2. The first-order valence-electron chi connectivity index (χ1n) is 7.36. The van der Waals surface area contributed by atoms with E-state index in [-0.39, 0.29) is 5.91 Å². The van der Waals surface area contributed by atoms with E-state index < -0.39 is 6.09 Å². The largest absolute Gasteiger partial charge is 0.453 e. The minimum absolute atomic E-state index is 0.0898. The zero-order valence-electron chi connectivity index (χ0n) is 13.0. The van der Waals surface area contributed by atoms with E-state index in [0.717, 1.165) is 15.6 Å². The Morgan fingerprint density at radius 3 is 2.54 bits per heavy atom. The van der Waals surface area contributed by atoms with Crippen molar-refractivity contribution in [3.63, 3.8) is 0 Å². The molecular weight excluding hydrogens is 324 g/mol. The van der Waals surface area contributed by atoms with Crippen LogP contribution in [0.15, 0.2) is 54.6 Å². The van der Waals surface area contributed by atoms with E-state index in [9.17, 15) is 9.59 Å². The molecule has 0 bridgehead atoms. The number of fused-ring (bicyclic) bond motifs is 1. The molecule has 0 spiro atoms. The van der Waals surface area contributed by atoms with Gasteiger partial charge in [0.15, 0.2) is 0 Å². The van der Waals surface area contributed by atoms with Gasteiger partial charge in [-0.2, -0.15) is 0 Å². The molecule has 6 heteroatoms. The predicted molar refractivity (Wildman–Crippen MR) is 95.5 cm³/mol. The third kappa shape index (κ3) is 3.72.